The first-order valence-electron chi connectivity index (χ1n) is 11.1. The van der Waals surface area contributed by atoms with Gasteiger partial charge in [-0.15, -0.1) is 11.3 Å². The molecule has 4 heteroatoms. The van der Waals surface area contributed by atoms with Crippen molar-refractivity contribution in [1.29, 1.82) is 0 Å². The number of rotatable bonds is 3. The van der Waals surface area contributed by atoms with Gasteiger partial charge in [0.15, 0.2) is 0 Å². The van der Waals surface area contributed by atoms with Crippen molar-refractivity contribution in [2.75, 3.05) is 4.90 Å². The first kappa shape index (κ1) is 19.7. The summed E-state index contributed by atoms with van der Waals surface area (Å²) in [5, 5.41) is 5.49. The molecule has 5 aromatic carbocycles. The molecule has 162 valence electrons. The minimum absolute atomic E-state index is 0.769. The maximum absolute atomic E-state index is 6.26. The minimum Gasteiger partial charge on any atom is -0.456 e. The number of hydrogen-bond acceptors (Lipinski definition) is 3. The molecule has 0 aliphatic carbocycles. The van der Waals surface area contributed by atoms with E-state index in [1.165, 1.54) is 20.2 Å². The van der Waals surface area contributed by atoms with Crippen LogP contribution in [0.3, 0.4) is 0 Å². The van der Waals surface area contributed by atoms with Crippen molar-refractivity contribution in [3.63, 3.8) is 0 Å². The Kier molecular flexibility index (Phi) is 4.41. The predicted molar refractivity (Wildman–Crippen MR) is 146 cm³/mol. The van der Waals surface area contributed by atoms with Gasteiger partial charge in [-0.3, -0.25) is 0 Å². The zero-order valence-electron chi connectivity index (χ0n) is 18.0. The van der Waals surface area contributed by atoms with Crippen molar-refractivity contribution in [2.24, 2.45) is 0 Å². The summed E-state index contributed by atoms with van der Waals surface area (Å²) in [6, 6.07) is 38.0. The topological polar surface area (TPSA) is 16.4 Å². The van der Waals surface area contributed by atoms with Gasteiger partial charge in [-0.2, -0.15) is 0 Å². The molecule has 2 heterocycles. The van der Waals surface area contributed by atoms with Crippen LogP contribution in [0.1, 0.15) is 0 Å². The maximum atomic E-state index is 6.26. The first-order chi connectivity index (χ1) is 16.7. The van der Waals surface area contributed by atoms with Gasteiger partial charge in [0.2, 0.25) is 0 Å². The highest BCUT2D eigenvalue weighted by Crippen LogP contribution is 2.42. The molecule has 2 nitrogen and oxygen atoms in total. The Hall–Kier alpha value is -3.79. The average molecular weight is 476 g/mol. The van der Waals surface area contributed by atoms with Gasteiger partial charge in [0.25, 0.3) is 0 Å². The maximum Gasteiger partial charge on any atom is 0.135 e. The Morgan fingerprint density at radius 2 is 1.26 bits per heavy atom. The minimum atomic E-state index is 0.769. The number of furan rings is 1. The third-order valence-electron chi connectivity index (χ3n) is 6.31. The Morgan fingerprint density at radius 3 is 2.15 bits per heavy atom. The summed E-state index contributed by atoms with van der Waals surface area (Å²) < 4.78 is 8.54. The second-order valence-electron chi connectivity index (χ2n) is 8.37. The molecule has 2 aromatic heterocycles. The van der Waals surface area contributed by atoms with Crippen molar-refractivity contribution >= 4 is 82.1 Å². The highest BCUT2D eigenvalue weighted by Gasteiger charge is 2.16. The van der Waals surface area contributed by atoms with E-state index < -0.39 is 0 Å². The fourth-order valence-corrected chi connectivity index (χ4v) is 6.12. The van der Waals surface area contributed by atoms with Gasteiger partial charge in [0, 0.05) is 53.0 Å². The van der Waals surface area contributed by atoms with Crippen LogP contribution in [0.4, 0.5) is 17.1 Å². The lowest BCUT2D eigenvalue weighted by Crippen LogP contribution is -2.09. The normalized spacial score (nSPS) is 11.7. The molecule has 0 saturated carbocycles. The molecule has 0 bridgehead atoms. The molecule has 0 aliphatic rings. The standard InChI is InChI=1S/C30H18ClNOS/c31-19-10-13-24-26-18-22(12-15-29(26)34-30(24)16-19)32(20-6-2-1-3-7-20)21-11-14-28-25(17-21)23-8-4-5-9-27(23)33-28/h1-18H. The number of anilines is 3. The van der Waals surface area contributed by atoms with Crippen LogP contribution >= 0.6 is 22.9 Å². The van der Waals surface area contributed by atoms with Crippen LogP contribution in [0.2, 0.25) is 5.02 Å². The zero-order chi connectivity index (χ0) is 22.6. The molecule has 0 N–H and O–H groups in total. The summed E-state index contributed by atoms with van der Waals surface area (Å²) in [5.74, 6) is 0. The van der Waals surface area contributed by atoms with Gasteiger partial charge < -0.3 is 9.32 Å². The van der Waals surface area contributed by atoms with E-state index in [1.807, 2.05) is 30.3 Å². The number of fused-ring (bicyclic) bond motifs is 6. The van der Waals surface area contributed by atoms with Crippen LogP contribution in [0, 0.1) is 0 Å². The van der Waals surface area contributed by atoms with Crippen molar-refractivity contribution in [2.45, 2.75) is 0 Å². The van der Waals surface area contributed by atoms with Gasteiger partial charge >= 0.3 is 0 Å². The summed E-state index contributed by atoms with van der Waals surface area (Å²) in [4.78, 5) is 2.31. The summed E-state index contributed by atoms with van der Waals surface area (Å²) in [6.07, 6.45) is 0. The molecule has 0 radical (unpaired) electrons. The second kappa shape index (κ2) is 7.63. The number of thiophene rings is 1. The highest BCUT2D eigenvalue weighted by atomic mass is 35.5. The molecule has 0 atom stereocenters. The van der Waals surface area contributed by atoms with Gasteiger partial charge in [-0.1, -0.05) is 54.1 Å². The molecule has 7 aromatic rings. The first-order valence-corrected chi connectivity index (χ1v) is 12.3. The fraction of sp³-hybridized carbons (Fsp3) is 0. The third kappa shape index (κ3) is 3.09. The molecule has 0 spiro atoms. The highest BCUT2D eigenvalue weighted by molar-refractivity contribution is 7.25. The van der Waals surface area contributed by atoms with Crippen LogP contribution in [-0.2, 0) is 0 Å². The molecule has 7 rings (SSSR count). The predicted octanol–water partition coefficient (Wildman–Crippen LogP) is 10.1. The van der Waals surface area contributed by atoms with Crippen LogP contribution in [0.15, 0.2) is 114 Å². The molecule has 0 fully saturated rings. The Bertz CT molecular complexity index is 1830. The molecule has 0 saturated heterocycles. The summed E-state index contributed by atoms with van der Waals surface area (Å²) in [6.45, 7) is 0. The van der Waals surface area contributed by atoms with E-state index in [4.69, 9.17) is 16.0 Å². The smallest absolute Gasteiger partial charge is 0.135 e. The largest absolute Gasteiger partial charge is 0.456 e. The fourth-order valence-electron chi connectivity index (χ4n) is 4.76. The van der Waals surface area contributed by atoms with E-state index in [0.717, 1.165) is 44.0 Å². The van der Waals surface area contributed by atoms with Gasteiger partial charge in [-0.25, -0.2) is 0 Å². The average Bonchev–Trinajstić information content (AvgIpc) is 3.42. The summed E-state index contributed by atoms with van der Waals surface area (Å²) in [7, 11) is 0. The SMILES string of the molecule is Clc1ccc2c(c1)sc1ccc(N(c3ccccc3)c3ccc4oc5ccccc5c4c3)cc12. The summed E-state index contributed by atoms with van der Waals surface area (Å²) >= 11 is 8.04. The van der Waals surface area contributed by atoms with Crippen molar-refractivity contribution in [1.82, 2.24) is 0 Å². The lowest BCUT2D eigenvalue weighted by Gasteiger charge is -2.25. The van der Waals surface area contributed by atoms with Crippen LogP contribution in [0.25, 0.3) is 42.1 Å². The number of para-hydroxylation sites is 2. The van der Waals surface area contributed by atoms with Crippen molar-refractivity contribution in [3.05, 3.63) is 114 Å². The zero-order valence-corrected chi connectivity index (χ0v) is 19.6. The lowest BCUT2D eigenvalue weighted by atomic mass is 10.1. The van der Waals surface area contributed by atoms with E-state index in [-0.39, 0.29) is 0 Å². The Morgan fingerprint density at radius 1 is 0.529 bits per heavy atom. The van der Waals surface area contributed by atoms with E-state index in [1.54, 1.807) is 11.3 Å². The van der Waals surface area contributed by atoms with Crippen LogP contribution in [0.5, 0.6) is 0 Å². The van der Waals surface area contributed by atoms with Crippen LogP contribution in [-0.4, -0.2) is 0 Å². The van der Waals surface area contributed by atoms with Gasteiger partial charge in [-0.05, 0) is 66.7 Å². The van der Waals surface area contributed by atoms with Crippen LogP contribution < -0.4 is 4.90 Å². The van der Waals surface area contributed by atoms with Crippen molar-refractivity contribution in [3.8, 4) is 0 Å². The molecular weight excluding hydrogens is 458 g/mol. The quantitative estimate of drug-likeness (QED) is 0.252. The number of benzene rings is 5. The third-order valence-corrected chi connectivity index (χ3v) is 7.68. The van der Waals surface area contributed by atoms with E-state index in [9.17, 15) is 0 Å². The number of halogens is 1. The van der Waals surface area contributed by atoms with Crippen molar-refractivity contribution < 1.29 is 4.42 Å². The monoisotopic (exact) mass is 475 g/mol. The lowest BCUT2D eigenvalue weighted by molar-refractivity contribution is 0.669. The van der Waals surface area contributed by atoms with E-state index >= 15 is 0 Å². The number of nitrogens with zero attached hydrogens (tertiary/aromatic N) is 1. The molecule has 0 aliphatic heterocycles. The number of hydrogen-bond donors (Lipinski definition) is 0. The molecular formula is C30H18ClNOS. The Labute approximate surface area is 205 Å². The Balaban J connectivity index is 1.47. The second-order valence-corrected chi connectivity index (χ2v) is 9.89. The van der Waals surface area contributed by atoms with E-state index in [0.29, 0.717) is 0 Å². The molecule has 34 heavy (non-hydrogen) atoms. The van der Waals surface area contributed by atoms with E-state index in [2.05, 4.69) is 83.8 Å². The summed E-state index contributed by atoms with van der Waals surface area (Å²) in [5.41, 5.74) is 5.11. The van der Waals surface area contributed by atoms with Gasteiger partial charge in [0.1, 0.15) is 11.2 Å². The molecule has 0 unspecified atom stereocenters. The molecule has 0 amide bonds. The van der Waals surface area contributed by atoms with Gasteiger partial charge in [0.05, 0.1) is 0 Å².